The van der Waals surface area contributed by atoms with Crippen LogP contribution in [0.15, 0.2) is 45.1 Å². The van der Waals surface area contributed by atoms with E-state index in [0.29, 0.717) is 29.2 Å². The summed E-state index contributed by atoms with van der Waals surface area (Å²) in [6.45, 7) is 4.71. The molecule has 1 aromatic carbocycles. The Labute approximate surface area is 162 Å². The lowest BCUT2D eigenvalue weighted by molar-refractivity contribution is -0.136. The average molecular weight is 381 g/mol. The van der Waals surface area contributed by atoms with Crippen molar-refractivity contribution in [3.8, 4) is 0 Å². The molecule has 0 aliphatic carbocycles. The van der Waals surface area contributed by atoms with Crippen molar-refractivity contribution >= 4 is 11.8 Å². The van der Waals surface area contributed by atoms with Gasteiger partial charge in [-0.1, -0.05) is 44.5 Å². The molecule has 2 aromatic rings. The van der Waals surface area contributed by atoms with Crippen LogP contribution < -0.4 is 16.6 Å². The van der Waals surface area contributed by atoms with Gasteiger partial charge in [0.15, 0.2) is 0 Å². The molecule has 0 unspecified atom stereocenters. The molecule has 0 bridgehead atoms. The minimum absolute atomic E-state index is 0.117. The van der Waals surface area contributed by atoms with Crippen molar-refractivity contribution in [1.82, 2.24) is 9.55 Å². The van der Waals surface area contributed by atoms with Gasteiger partial charge in [0.25, 0.3) is 5.56 Å². The molecule has 0 saturated carbocycles. The number of carbonyl (C=O) groups excluding carboxylic acids is 1. The largest absolute Gasteiger partial charge is 0.456 e. The van der Waals surface area contributed by atoms with Crippen molar-refractivity contribution in [2.45, 2.75) is 45.6 Å². The van der Waals surface area contributed by atoms with Gasteiger partial charge in [-0.3, -0.25) is 14.3 Å². The molecular weight excluding hydrogens is 358 g/mol. The second kappa shape index (κ2) is 7.14. The third-order valence-corrected chi connectivity index (χ3v) is 5.43. The van der Waals surface area contributed by atoms with Crippen LogP contribution in [0.3, 0.4) is 0 Å². The topological polar surface area (TPSA) is 93.2 Å². The number of ether oxygens (including phenoxy) is 1. The highest BCUT2D eigenvalue weighted by atomic mass is 16.5. The number of nitrogens with zero attached hydrogens (tertiary/aromatic N) is 1. The maximum atomic E-state index is 12.8. The highest BCUT2D eigenvalue weighted by Gasteiger charge is 2.41. The van der Waals surface area contributed by atoms with Crippen LogP contribution in [0.5, 0.6) is 0 Å². The van der Waals surface area contributed by atoms with Gasteiger partial charge in [-0.05, 0) is 24.0 Å². The molecule has 0 spiro atoms. The van der Waals surface area contributed by atoms with E-state index in [1.165, 1.54) is 5.56 Å². The van der Waals surface area contributed by atoms with E-state index >= 15 is 0 Å². The van der Waals surface area contributed by atoms with Crippen LogP contribution in [0.2, 0.25) is 0 Å². The van der Waals surface area contributed by atoms with Gasteiger partial charge in [0.1, 0.15) is 12.4 Å². The summed E-state index contributed by atoms with van der Waals surface area (Å²) in [5, 5.41) is 3.15. The predicted molar refractivity (Wildman–Crippen MR) is 106 cm³/mol. The third kappa shape index (κ3) is 2.87. The summed E-state index contributed by atoms with van der Waals surface area (Å²) in [5.41, 5.74) is 2.54. The van der Waals surface area contributed by atoms with Crippen molar-refractivity contribution in [2.75, 3.05) is 11.9 Å². The fourth-order valence-electron chi connectivity index (χ4n) is 3.90. The number of anilines is 1. The van der Waals surface area contributed by atoms with Crippen molar-refractivity contribution in [3.63, 3.8) is 0 Å². The smallest absolute Gasteiger partial charge is 0.337 e. The van der Waals surface area contributed by atoms with Gasteiger partial charge in [0, 0.05) is 6.54 Å². The number of cyclic esters (lactones) is 1. The number of H-pyrrole nitrogens is 1. The summed E-state index contributed by atoms with van der Waals surface area (Å²) >= 11 is 0. The fraction of sp³-hybridized carbons (Fsp3) is 0.381. The van der Waals surface area contributed by atoms with Crippen LogP contribution in [0.25, 0.3) is 0 Å². The van der Waals surface area contributed by atoms with E-state index in [1.807, 2.05) is 31.2 Å². The van der Waals surface area contributed by atoms with Crippen LogP contribution >= 0.6 is 0 Å². The second-order valence-electron chi connectivity index (χ2n) is 7.15. The number of unbranched alkanes of at least 4 members (excludes halogenated alkanes) is 1. The standard InChI is InChI=1S/C21H23N3O4/c1-3-5-10-24-18-17(19(25)23-21(24)27)15(13-8-6-12(4-2)7-9-13)16-14(22-18)11-28-20(16)26/h6-9,15,22H,3-5,10-11H2,1-2H3,(H,23,25,27)/t15-/m0/s1. The van der Waals surface area contributed by atoms with Crippen molar-refractivity contribution in [3.05, 3.63) is 73.1 Å². The maximum absolute atomic E-state index is 12.8. The van der Waals surface area contributed by atoms with Gasteiger partial charge in [-0.15, -0.1) is 0 Å². The molecule has 0 amide bonds. The molecule has 2 aliphatic heterocycles. The number of fused-ring (bicyclic) bond motifs is 1. The molecule has 28 heavy (non-hydrogen) atoms. The molecule has 7 nitrogen and oxygen atoms in total. The minimum Gasteiger partial charge on any atom is -0.456 e. The number of hydrogen-bond acceptors (Lipinski definition) is 5. The normalized spacial score (nSPS) is 17.8. The highest BCUT2D eigenvalue weighted by molar-refractivity contribution is 5.96. The Morgan fingerprint density at radius 3 is 2.57 bits per heavy atom. The molecule has 4 rings (SSSR count). The summed E-state index contributed by atoms with van der Waals surface area (Å²) in [4.78, 5) is 40.2. The van der Waals surface area contributed by atoms with Crippen LogP contribution in [-0.4, -0.2) is 22.1 Å². The van der Waals surface area contributed by atoms with Crippen LogP contribution in [0, 0.1) is 0 Å². The number of aromatic nitrogens is 2. The Morgan fingerprint density at radius 2 is 1.89 bits per heavy atom. The predicted octanol–water partition coefficient (Wildman–Crippen LogP) is 2.27. The number of rotatable bonds is 5. The number of carbonyl (C=O) groups is 1. The summed E-state index contributed by atoms with van der Waals surface area (Å²) < 4.78 is 6.80. The molecule has 2 aliphatic rings. The molecule has 146 valence electrons. The van der Waals surface area contributed by atoms with Gasteiger partial charge in [-0.25, -0.2) is 9.59 Å². The first-order valence-corrected chi connectivity index (χ1v) is 9.68. The second-order valence-corrected chi connectivity index (χ2v) is 7.15. The van der Waals surface area contributed by atoms with Gasteiger partial charge in [-0.2, -0.15) is 0 Å². The minimum atomic E-state index is -0.565. The Hall–Kier alpha value is -3.09. The molecule has 1 aromatic heterocycles. The zero-order chi connectivity index (χ0) is 19.8. The number of aryl methyl sites for hydroxylation is 1. The van der Waals surface area contributed by atoms with E-state index in [1.54, 1.807) is 4.57 Å². The van der Waals surface area contributed by atoms with Crippen molar-refractivity contribution in [1.29, 1.82) is 0 Å². The van der Waals surface area contributed by atoms with E-state index in [0.717, 1.165) is 24.8 Å². The average Bonchev–Trinajstić information content (AvgIpc) is 3.07. The van der Waals surface area contributed by atoms with E-state index in [2.05, 4.69) is 17.2 Å². The van der Waals surface area contributed by atoms with E-state index < -0.39 is 23.1 Å². The SMILES string of the molecule is CCCCn1c2c(c(=O)[nH]c1=O)[C@@H](c1ccc(CC)cc1)C1=C(COC1=O)N2. The summed E-state index contributed by atoms with van der Waals surface area (Å²) in [6.07, 6.45) is 2.62. The molecule has 2 N–H and O–H groups in total. The first-order valence-electron chi connectivity index (χ1n) is 9.68. The van der Waals surface area contributed by atoms with E-state index in [9.17, 15) is 14.4 Å². The number of hydrogen-bond donors (Lipinski definition) is 2. The summed E-state index contributed by atoms with van der Waals surface area (Å²) in [6, 6.07) is 7.88. The molecule has 7 heteroatoms. The third-order valence-electron chi connectivity index (χ3n) is 5.43. The summed E-state index contributed by atoms with van der Waals surface area (Å²) in [5.74, 6) is -0.531. The number of nitrogens with one attached hydrogen (secondary N) is 2. The lowest BCUT2D eigenvalue weighted by Gasteiger charge is -2.28. The van der Waals surface area contributed by atoms with Crippen molar-refractivity contribution < 1.29 is 9.53 Å². The zero-order valence-electron chi connectivity index (χ0n) is 16.0. The van der Waals surface area contributed by atoms with Gasteiger partial charge in [0.2, 0.25) is 0 Å². The van der Waals surface area contributed by atoms with Gasteiger partial charge >= 0.3 is 11.7 Å². The molecule has 0 fully saturated rings. The highest BCUT2D eigenvalue weighted by Crippen LogP contribution is 2.42. The first kappa shape index (κ1) is 18.3. The molecule has 3 heterocycles. The fourth-order valence-corrected chi connectivity index (χ4v) is 3.90. The Balaban J connectivity index is 1.95. The molecule has 0 saturated heterocycles. The van der Waals surface area contributed by atoms with E-state index in [4.69, 9.17) is 4.74 Å². The lowest BCUT2D eigenvalue weighted by atomic mass is 9.82. The van der Waals surface area contributed by atoms with Gasteiger partial charge in [0.05, 0.1) is 22.8 Å². The number of esters is 1. The van der Waals surface area contributed by atoms with Crippen LogP contribution in [0.1, 0.15) is 49.3 Å². The lowest BCUT2D eigenvalue weighted by Crippen LogP contribution is -2.38. The summed E-state index contributed by atoms with van der Waals surface area (Å²) in [7, 11) is 0. The quantitative estimate of drug-likeness (QED) is 0.775. The Bertz CT molecular complexity index is 1080. The Kier molecular flexibility index (Phi) is 4.66. The van der Waals surface area contributed by atoms with Crippen molar-refractivity contribution in [2.24, 2.45) is 0 Å². The molecule has 0 radical (unpaired) electrons. The number of aromatic amines is 1. The first-order chi connectivity index (χ1) is 13.5. The zero-order valence-corrected chi connectivity index (χ0v) is 16.0. The van der Waals surface area contributed by atoms with E-state index in [-0.39, 0.29) is 6.61 Å². The Morgan fingerprint density at radius 1 is 1.14 bits per heavy atom. The van der Waals surface area contributed by atoms with Gasteiger partial charge < -0.3 is 10.1 Å². The number of benzene rings is 1. The monoisotopic (exact) mass is 381 g/mol. The molecule has 1 atom stereocenters. The molecular formula is C21H23N3O4. The van der Waals surface area contributed by atoms with Crippen LogP contribution in [-0.2, 0) is 22.5 Å². The van der Waals surface area contributed by atoms with Crippen LogP contribution in [0.4, 0.5) is 5.82 Å². The maximum Gasteiger partial charge on any atom is 0.337 e.